The average molecular weight is 276 g/mol. The Bertz CT molecular complexity index is 556. The quantitative estimate of drug-likeness (QED) is 0.875. The minimum Gasteiger partial charge on any atom is -0.487 e. The predicted molar refractivity (Wildman–Crippen MR) is 74.4 cm³/mol. The Labute approximate surface area is 116 Å². The molecule has 0 saturated carbocycles. The highest BCUT2D eigenvalue weighted by atomic mass is 35.5. The number of nitrogens with one attached hydrogen (secondary N) is 1. The maximum Gasteiger partial charge on any atom is 0.138 e. The molecule has 1 fully saturated rings. The summed E-state index contributed by atoms with van der Waals surface area (Å²) in [6, 6.07) is 5.75. The second-order valence-corrected chi connectivity index (χ2v) is 4.84. The van der Waals surface area contributed by atoms with Gasteiger partial charge in [0.25, 0.3) is 0 Å². The summed E-state index contributed by atoms with van der Waals surface area (Å²) in [7, 11) is 0. The standard InChI is InChI=1S/C14H14ClN3O/c15-14-13(10-1-4-16-5-2-10)7-12(9-18-14)19-11-3-6-17-8-11/h1-2,4-5,7,9,11,17H,3,6,8H2/t11-/m1/s1. The summed E-state index contributed by atoms with van der Waals surface area (Å²) in [6.45, 7) is 1.89. The van der Waals surface area contributed by atoms with Gasteiger partial charge in [-0.05, 0) is 36.7 Å². The minimum absolute atomic E-state index is 0.216. The monoisotopic (exact) mass is 275 g/mol. The number of ether oxygens (including phenoxy) is 1. The van der Waals surface area contributed by atoms with Crippen LogP contribution in [0.25, 0.3) is 11.1 Å². The van der Waals surface area contributed by atoms with Crippen molar-refractivity contribution >= 4 is 11.6 Å². The van der Waals surface area contributed by atoms with Gasteiger partial charge in [-0.25, -0.2) is 4.98 Å². The van der Waals surface area contributed by atoms with Crippen molar-refractivity contribution in [3.63, 3.8) is 0 Å². The normalized spacial score (nSPS) is 18.5. The van der Waals surface area contributed by atoms with Crippen molar-refractivity contribution in [1.29, 1.82) is 0 Å². The Hall–Kier alpha value is -1.65. The van der Waals surface area contributed by atoms with Crippen molar-refractivity contribution in [2.75, 3.05) is 13.1 Å². The van der Waals surface area contributed by atoms with Gasteiger partial charge in [0.15, 0.2) is 0 Å². The fraction of sp³-hybridized carbons (Fsp3) is 0.286. The Balaban J connectivity index is 1.87. The molecule has 3 heterocycles. The van der Waals surface area contributed by atoms with Crippen molar-refractivity contribution in [2.24, 2.45) is 0 Å². The third-order valence-electron chi connectivity index (χ3n) is 3.12. The Morgan fingerprint density at radius 1 is 1.32 bits per heavy atom. The fourth-order valence-corrected chi connectivity index (χ4v) is 2.36. The zero-order valence-electron chi connectivity index (χ0n) is 10.3. The van der Waals surface area contributed by atoms with Gasteiger partial charge in [-0.1, -0.05) is 11.6 Å². The third kappa shape index (κ3) is 2.85. The summed E-state index contributed by atoms with van der Waals surface area (Å²) < 4.78 is 5.89. The number of hydrogen-bond acceptors (Lipinski definition) is 4. The molecule has 1 atom stereocenters. The number of nitrogens with zero attached hydrogens (tertiary/aromatic N) is 2. The van der Waals surface area contributed by atoms with E-state index in [1.807, 2.05) is 18.2 Å². The van der Waals surface area contributed by atoms with Crippen molar-refractivity contribution in [2.45, 2.75) is 12.5 Å². The Kier molecular flexibility index (Phi) is 3.62. The lowest BCUT2D eigenvalue weighted by atomic mass is 10.1. The van der Waals surface area contributed by atoms with Crippen LogP contribution >= 0.6 is 11.6 Å². The van der Waals surface area contributed by atoms with Crippen molar-refractivity contribution in [1.82, 2.24) is 15.3 Å². The SMILES string of the molecule is Clc1ncc(O[C@@H]2CCNC2)cc1-c1ccncc1. The highest BCUT2D eigenvalue weighted by Gasteiger charge is 2.16. The molecular weight excluding hydrogens is 262 g/mol. The second-order valence-electron chi connectivity index (χ2n) is 4.48. The van der Waals surface area contributed by atoms with Crippen molar-refractivity contribution in [3.8, 4) is 16.9 Å². The van der Waals surface area contributed by atoms with Crippen LogP contribution in [-0.2, 0) is 0 Å². The predicted octanol–water partition coefficient (Wildman–Crippen LogP) is 2.54. The lowest BCUT2D eigenvalue weighted by Gasteiger charge is -2.13. The molecule has 98 valence electrons. The van der Waals surface area contributed by atoms with Crippen LogP contribution in [0.15, 0.2) is 36.8 Å². The first-order valence-electron chi connectivity index (χ1n) is 6.26. The molecule has 2 aromatic heterocycles. The highest BCUT2D eigenvalue weighted by Crippen LogP contribution is 2.29. The molecule has 1 saturated heterocycles. The first kappa shape index (κ1) is 12.4. The van der Waals surface area contributed by atoms with Gasteiger partial charge >= 0.3 is 0 Å². The zero-order chi connectivity index (χ0) is 13.1. The van der Waals surface area contributed by atoms with Gasteiger partial charge in [-0.15, -0.1) is 0 Å². The topological polar surface area (TPSA) is 47.0 Å². The summed E-state index contributed by atoms with van der Waals surface area (Å²) in [6.07, 6.45) is 6.38. The molecule has 0 aromatic carbocycles. The lowest BCUT2D eigenvalue weighted by Crippen LogP contribution is -2.19. The number of pyridine rings is 2. The van der Waals surface area contributed by atoms with Crippen LogP contribution in [0.2, 0.25) is 5.15 Å². The van der Waals surface area contributed by atoms with Crippen LogP contribution in [0.3, 0.4) is 0 Å². The van der Waals surface area contributed by atoms with E-state index in [-0.39, 0.29) is 6.10 Å². The highest BCUT2D eigenvalue weighted by molar-refractivity contribution is 6.32. The van der Waals surface area contributed by atoms with E-state index >= 15 is 0 Å². The molecule has 1 aliphatic rings. The molecule has 0 radical (unpaired) electrons. The molecule has 0 unspecified atom stereocenters. The van der Waals surface area contributed by atoms with Crippen LogP contribution in [0, 0.1) is 0 Å². The molecule has 4 nitrogen and oxygen atoms in total. The molecule has 19 heavy (non-hydrogen) atoms. The number of halogens is 1. The number of rotatable bonds is 3. The molecule has 5 heteroatoms. The van der Waals surface area contributed by atoms with Crippen molar-refractivity contribution in [3.05, 3.63) is 41.9 Å². The Morgan fingerprint density at radius 2 is 2.16 bits per heavy atom. The first-order valence-corrected chi connectivity index (χ1v) is 6.64. The van der Waals surface area contributed by atoms with E-state index in [1.54, 1.807) is 18.6 Å². The summed E-state index contributed by atoms with van der Waals surface area (Å²) >= 11 is 6.15. The molecular formula is C14H14ClN3O. The van der Waals surface area contributed by atoms with Crippen LogP contribution in [-0.4, -0.2) is 29.2 Å². The lowest BCUT2D eigenvalue weighted by molar-refractivity contribution is 0.222. The minimum atomic E-state index is 0.216. The van der Waals surface area contributed by atoms with Gasteiger partial charge in [0.1, 0.15) is 17.0 Å². The average Bonchev–Trinajstić information content (AvgIpc) is 2.95. The van der Waals surface area contributed by atoms with Gasteiger partial charge in [-0.3, -0.25) is 4.98 Å². The van der Waals surface area contributed by atoms with Crippen molar-refractivity contribution < 1.29 is 4.74 Å². The molecule has 3 rings (SSSR count). The third-order valence-corrected chi connectivity index (χ3v) is 3.42. The number of hydrogen-bond donors (Lipinski definition) is 1. The van der Waals surface area contributed by atoms with E-state index in [2.05, 4.69) is 15.3 Å². The van der Waals surface area contributed by atoms with E-state index in [9.17, 15) is 0 Å². The molecule has 0 spiro atoms. The summed E-state index contributed by atoms with van der Waals surface area (Å²) in [5, 5.41) is 3.75. The van der Waals surface area contributed by atoms with Gasteiger partial charge in [-0.2, -0.15) is 0 Å². The van der Waals surface area contributed by atoms with Gasteiger partial charge < -0.3 is 10.1 Å². The smallest absolute Gasteiger partial charge is 0.138 e. The van der Waals surface area contributed by atoms with Crippen LogP contribution in [0.5, 0.6) is 5.75 Å². The van der Waals surface area contributed by atoms with Gasteiger partial charge in [0, 0.05) is 24.5 Å². The van der Waals surface area contributed by atoms with E-state index in [0.29, 0.717) is 5.15 Å². The Morgan fingerprint density at radius 3 is 2.89 bits per heavy atom. The number of aromatic nitrogens is 2. The molecule has 0 amide bonds. The molecule has 0 bridgehead atoms. The van der Waals surface area contributed by atoms with Crippen LogP contribution in [0.4, 0.5) is 0 Å². The van der Waals surface area contributed by atoms with E-state index < -0.39 is 0 Å². The van der Waals surface area contributed by atoms with Crippen LogP contribution in [0.1, 0.15) is 6.42 Å². The van der Waals surface area contributed by atoms with E-state index in [1.165, 1.54) is 0 Å². The fourth-order valence-electron chi connectivity index (χ4n) is 2.15. The molecule has 1 N–H and O–H groups in total. The molecule has 1 aliphatic heterocycles. The summed E-state index contributed by atoms with van der Waals surface area (Å²) in [5.74, 6) is 0.755. The largest absolute Gasteiger partial charge is 0.487 e. The summed E-state index contributed by atoms with van der Waals surface area (Å²) in [4.78, 5) is 8.20. The molecule has 0 aliphatic carbocycles. The van der Waals surface area contributed by atoms with E-state index in [0.717, 1.165) is 36.4 Å². The molecule has 2 aromatic rings. The van der Waals surface area contributed by atoms with Gasteiger partial charge in [0.2, 0.25) is 0 Å². The first-order chi connectivity index (χ1) is 9.33. The van der Waals surface area contributed by atoms with E-state index in [4.69, 9.17) is 16.3 Å². The van der Waals surface area contributed by atoms with Crippen LogP contribution < -0.4 is 10.1 Å². The summed E-state index contributed by atoms with van der Waals surface area (Å²) in [5.41, 5.74) is 1.86. The second kappa shape index (κ2) is 5.55. The maximum absolute atomic E-state index is 6.15. The zero-order valence-corrected chi connectivity index (χ0v) is 11.1. The van der Waals surface area contributed by atoms with Gasteiger partial charge in [0.05, 0.1) is 6.20 Å². The maximum atomic E-state index is 6.15.